The van der Waals surface area contributed by atoms with Crippen molar-refractivity contribution in [1.29, 1.82) is 0 Å². The normalized spacial score (nSPS) is 28.4. The molecule has 1 unspecified atom stereocenters. The van der Waals surface area contributed by atoms with Crippen LogP contribution < -0.4 is 5.73 Å². The fourth-order valence-electron chi connectivity index (χ4n) is 2.93. The number of hydrogen-bond donors (Lipinski definition) is 1. The van der Waals surface area contributed by atoms with E-state index in [-0.39, 0.29) is 36.0 Å². The summed E-state index contributed by atoms with van der Waals surface area (Å²) >= 11 is 0. The Morgan fingerprint density at radius 3 is 2.64 bits per heavy atom. The Morgan fingerprint density at radius 1 is 1.44 bits per heavy atom. The van der Waals surface area contributed by atoms with E-state index in [4.69, 9.17) is 10.5 Å². The molecule has 5 nitrogen and oxygen atoms in total. The number of benzene rings is 1. The summed E-state index contributed by atoms with van der Waals surface area (Å²) in [6.07, 6.45) is 0.127. The minimum atomic E-state index is -2.64. The second-order valence-electron chi connectivity index (χ2n) is 7.20. The van der Waals surface area contributed by atoms with E-state index in [0.29, 0.717) is 5.56 Å². The van der Waals surface area contributed by atoms with E-state index in [2.05, 4.69) is 10.9 Å². The maximum absolute atomic E-state index is 14.5. The predicted molar refractivity (Wildman–Crippen MR) is 100 cm³/mol. The summed E-state index contributed by atoms with van der Waals surface area (Å²) in [5.74, 6) is 3.54. The zero-order valence-electron chi connectivity index (χ0n) is 15.1. The van der Waals surface area contributed by atoms with Gasteiger partial charge < -0.3 is 10.5 Å². The van der Waals surface area contributed by atoms with Crippen LogP contribution in [0.5, 0.6) is 0 Å². The molecule has 0 fully saturated rings. The fraction of sp³-hybridized carbons (Fsp3) is 0.500. The van der Waals surface area contributed by atoms with Gasteiger partial charge in [-0.05, 0) is 53.9 Å². The average Bonchev–Trinajstić information content (AvgIpc) is 2.47. The first kappa shape index (κ1) is 19.6. The molecule has 1 aromatic rings. The van der Waals surface area contributed by atoms with E-state index in [0.717, 1.165) is 0 Å². The number of carbonyl (C=O) groups excluding carboxylic acids is 1. The zero-order valence-corrected chi connectivity index (χ0v) is 15.9. The first-order valence-electron chi connectivity index (χ1n) is 7.93. The van der Waals surface area contributed by atoms with Crippen LogP contribution in [0.4, 0.5) is 4.39 Å². The number of carbonyl (C=O) groups is 1. The van der Waals surface area contributed by atoms with Crippen LogP contribution >= 0.6 is 0 Å². The van der Waals surface area contributed by atoms with Crippen LogP contribution in [0.15, 0.2) is 23.2 Å². The number of aliphatic imine (C=N–C) groups is 1. The molecule has 0 saturated carbocycles. The van der Waals surface area contributed by atoms with Crippen LogP contribution in [0.25, 0.3) is 0 Å². The second kappa shape index (κ2) is 6.53. The highest BCUT2D eigenvalue weighted by Crippen LogP contribution is 2.38. The number of methoxy groups -OCH3 is 1. The summed E-state index contributed by atoms with van der Waals surface area (Å²) in [5.41, 5.74) is 5.87. The van der Waals surface area contributed by atoms with E-state index in [9.17, 15) is 13.4 Å². The minimum absolute atomic E-state index is 0.00400. The number of nitrogens with two attached hydrogens (primary N) is 1. The molecule has 0 spiro atoms. The highest BCUT2D eigenvalue weighted by molar-refractivity contribution is 8.02. The Labute approximate surface area is 148 Å². The lowest BCUT2D eigenvalue weighted by atomic mass is 9.91. The molecule has 1 aliphatic heterocycles. The number of rotatable bonds is 5. The Kier molecular flexibility index (Phi) is 5.12. The van der Waals surface area contributed by atoms with E-state index in [1.165, 1.54) is 13.2 Å². The van der Waals surface area contributed by atoms with E-state index in [1.54, 1.807) is 32.9 Å². The molecule has 2 rings (SSSR count). The van der Waals surface area contributed by atoms with Crippen molar-refractivity contribution in [1.82, 2.24) is 0 Å². The largest absolute Gasteiger partial charge is 0.386 e. The third-order valence-electron chi connectivity index (χ3n) is 4.75. The highest BCUT2D eigenvalue weighted by Gasteiger charge is 2.45. The van der Waals surface area contributed by atoms with Gasteiger partial charge in [0.2, 0.25) is 0 Å². The number of Topliss-reactive ketones (excluding diaryl/α,β-unsaturated/α-hetero) is 1. The lowest BCUT2D eigenvalue weighted by molar-refractivity contribution is -0.121. The van der Waals surface area contributed by atoms with Gasteiger partial charge in [-0.1, -0.05) is 6.07 Å². The summed E-state index contributed by atoms with van der Waals surface area (Å²) in [4.78, 5) is 16.3. The van der Waals surface area contributed by atoms with E-state index < -0.39 is 25.6 Å². The smallest absolute Gasteiger partial charge is 0.162 e. The molecule has 25 heavy (non-hydrogen) atoms. The summed E-state index contributed by atoms with van der Waals surface area (Å²) in [7, 11) is -1.19. The maximum atomic E-state index is 14.5. The maximum Gasteiger partial charge on any atom is 0.162 e. The molecule has 1 heterocycles. The quantitative estimate of drug-likeness (QED) is 0.802. The van der Waals surface area contributed by atoms with Gasteiger partial charge in [0.05, 0.1) is 10.3 Å². The van der Waals surface area contributed by atoms with Crippen molar-refractivity contribution >= 4 is 27.0 Å². The average molecular weight is 368 g/mol. The number of halogens is 1. The molecule has 1 aliphatic rings. The van der Waals surface area contributed by atoms with Crippen molar-refractivity contribution < 1.29 is 18.1 Å². The van der Waals surface area contributed by atoms with Gasteiger partial charge >= 0.3 is 0 Å². The van der Waals surface area contributed by atoms with Crippen molar-refractivity contribution in [3.8, 4) is 0 Å². The van der Waals surface area contributed by atoms with Gasteiger partial charge in [0, 0.05) is 24.8 Å². The molecule has 0 aromatic heterocycles. The minimum Gasteiger partial charge on any atom is -0.386 e. The molecule has 0 amide bonds. The van der Waals surface area contributed by atoms with Crippen molar-refractivity contribution in [2.24, 2.45) is 10.7 Å². The summed E-state index contributed by atoms with van der Waals surface area (Å²) in [6.45, 7) is 5.16. The van der Waals surface area contributed by atoms with E-state index >= 15 is 0 Å². The molecular formula is C18H25FN2O3S. The third-order valence-corrected chi connectivity index (χ3v) is 7.84. The summed E-state index contributed by atoms with van der Waals surface area (Å²) in [5, 5.41) is 0. The highest BCUT2D eigenvalue weighted by atomic mass is 32.2. The first-order chi connectivity index (χ1) is 11.4. The van der Waals surface area contributed by atoms with Crippen LogP contribution in [0.2, 0.25) is 0 Å². The SMILES string of the molecule is C=S1(=O)C[C@@](C)(c2cc(CC(=O)COC)ccc2F)N=C(N)C1(C)C. The molecule has 2 N–H and O–H groups in total. The molecule has 1 aromatic carbocycles. The van der Waals surface area contributed by atoms with Crippen LogP contribution in [0.3, 0.4) is 0 Å². The van der Waals surface area contributed by atoms with Crippen molar-refractivity contribution in [3.05, 3.63) is 35.1 Å². The number of amidine groups is 1. The van der Waals surface area contributed by atoms with Crippen LogP contribution in [0.1, 0.15) is 31.9 Å². The lowest BCUT2D eigenvalue weighted by Gasteiger charge is -2.41. The molecular weight excluding hydrogens is 343 g/mol. The Bertz CT molecular complexity index is 831. The molecule has 0 bridgehead atoms. The van der Waals surface area contributed by atoms with E-state index in [1.807, 2.05) is 0 Å². The van der Waals surface area contributed by atoms with Gasteiger partial charge in [0.25, 0.3) is 0 Å². The van der Waals surface area contributed by atoms with Crippen molar-refractivity contribution in [3.63, 3.8) is 0 Å². The zero-order chi connectivity index (χ0) is 19.0. The standard InChI is InChI=1S/C18H25FN2O3S/c1-17(2)16(20)21-18(3,11-25(17,5)23)14-9-12(6-7-15(14)19)8-13(22)10-24-4/h6-7,9H,5,8,10-11H2,1-4H3,(H2,20,21)/t18-,25?/m0/s1. The predicted octanol–water partition coefficient (Wildman–Crippen LogP) is 1.66. The Balaban J connectivity index is 2.50. The van der Waals surface area contributed by atoms with Crippen LogP contribution in [-0.4, -0.2) is 45.9 Å². The van der Waals surface area contributed by atoms with Crippen LogP contribution in [0, 0.1) is 5.82 Å². The van der Waals surface area contributed by atoms with Gasteiger partial charge in [-0.2, -0.15) is 0 Å². The lowest BCUT2D eigenvalue weighted by Crippen LogP contribution is -2.54. The molecule has 7 heteroatoms. The Morgan fingerprint density at radius 2 is 2.08 bits per heavy atom. The molecule has 138 valence electrons. The fourth-order valence-corrected chi connectivity index (χ4v) is 4.85. The van der Waals surface area contributed by atoms with Gasteiger partial charge in [-0.25, -0.2) is 4.39 Å². The van der Waals surface area contributed by atoms with Crippen LogP contribution in [-0.2, 0) is 31.0 Å². The van der Waals surface area contributed by atoms with Crippen molar-refractivity contribution in [2.45, 2.75) is 37.5 Å². The van der Waals surface area contributed by atoms with Crippen molar-refractivity contribution in [2.75, 3.05) is 19.5 Å². The molecule has 0 saturated heterocycles. The van der Waals surface area contributed by atoms with Gasteiger partial charge in [0.15, 0.2) is 5.78 Å². The van der Waals surface area contributed by atoms with Gasteiger partial charge in [0.1, 0.15) is 18.3 Å². The number of nitrogens with zero attached hydrogens (tertiary/aromatic N) is 1. The van der Waals surface area contributed by atoms with Gasteiger partial charge in [-0.3, -0.25) is 14.0 Å². The number of ketones is 1. The molecule has 0 radical (unpaired) electrons. The molecule has 2 atom stereocenters. The second-order valence-corrected chi connectivity index (χ2v) is 10.1. The Hall–Kier alpha value is -1.73. The third kappa shape index (κ3) is 3.62. The number of ether oxygens (including phenoxy) is 1. The van der Waals surface area contributed by atoms with Gasteiger partial charge in [-0.15, -0.1) is 0 Å². The summed E-state index contributed by atoms with van der Waals surface area (Å²) in [6, 6.07) is 4.44. The topological polar surface area (TPSA) is 81.8 Å². The first-order valence-corrected chi connectivity index (χ1v) is 9.82. The molecule has 0 aliphatic carbocycles. The number of hydrogen-bond acceptors (Lipinski definition) is 5. The summed E-state index contributed by atoms with van der Waals surface area (Å²) < 4.78 is 31.5. The monoisotopic (exact) mass is 368 g/mol.